The minimum Gasteiger partial charge on any atom is -0.465 e. The summed E-state index contributed by atoms with van der Waals surface area (Å²) in [5, 5.41) is 47.0. The Hall–Kier alpha value is -1.74. The van der Waals surface area contributed by atoms with Gasteiger partial charge in [0.15, 0.2) is 0 Å². The molecule has 0 saturated heterocycles. The smallest absolute Gasteiger partial charge is 0.333 e. The summed E-state index contributed by atoms with van der Waals surface area (Å²) in [6.07, 6.45) is 6.78. The maximum Gasteiger partial charge on any atom is 0.333 e. The maximum atomic E-state index is 13.1. The number of hydrogen-bond donors (Lipinski definition) is 4. The van der Waals surface area contributed by atoms with Crippen LogP contribution in [0.4, 0.5) is 0 Å². The van der Waals surface area contributed by atoms with Gasteiger partial charge in [-0.2, -0.15) is 0 Å². The Kier molecular flexibility index (Phi) is 10.2. The molecule has 0 spiro atoms. The number of rotatable bonds is 8. The van der Waals surface area contributed by atoms with Crippen molar-refractivity contribution in [3.8, 4) is 0 Å². The number of ether oxygens (including phenoxy) is 2. The summed E-state index contributed by atoms with van der Waals surface area (Å²) in [6.45, 7) is 18.4. The fraction of sp³-hybridized carbons (Fsp3) is 0.850. The summed E-state index contributed by atoms with van der Waals surface area (Å²) in [7, 11) is 0. The van der Waals surface area contributed by atoms with Crippen molar-refractivity contribution in [2.24, 2.45) is 56.7 Å². The van der Waals surface area contributed by atoms with Gasteiger partial charge in [0.1, 0.15) is 6.61 Å². The van der Waals surface area contributed by atoms with Crippen LogP contribution in [0, 0.1) is 56.7 Å². The second kappa shape index (κ2) is 13.1. The first-order valence-corrected chi connectivity index (χ1v) is 18.8. The molecule has 5 aliphatic carbocycles. The fourth-order valence-corrected chi connectivity index (χ4v) is 11.9. The molecule has 272 valence electrons. The van der Waals surface area contributed by atoms with E-state index in [2.05, 4.69) is 26.8 Å². The third-order valence-electron chi connectivity index (χ3n) is 15.2. The zero-order valence-corrected chi connectivity index (χ0v) is 31.1. The Morgan fingerprint density at radius 1 is 0.875 bits per heavy atom. The van der Waals surface area contributed by atoms with Gasteiger partial charge < -0.3 is 29.9 Å². The summed E-state index contributed by atoms with van der Waals surface area (Å²) >= 11 is 0. The molecule has 5 rings (SSSR count). The summed E-state index contributed by atoms with van der Waals surface area (Å²) < 4.78 is 11.8. The lowest BCUT2D eigenvalue weighted by Gasteiger charge is -2.69. The lowest BCUT2D eigenvalue weighted by Crippen LogP contribution is -2.69. The lowest BCUT2D eigenvalue weighted by atomic mass is 9.36. The molecular weight excluding hydrogens is 608 g/mol. The van der Waals surface area contributed by atoms with Crippen LogP contribution in [0.25, 0.3) is 0 Å². The Bertz CT molecular complexity index is 1300. The average molecular weight is 673 g/mol. The van der Waals surface area contributed by atoms with Crippen LogP contribution in [0.2, 0.25) is 0 Å². The molecular formula is C40H64O8. The Labute approximate surface area is 288 Å². The largest absolute Gasteiger partial charge is 0.465 e. The van der Waals surface area contributed by atoms with Crippen LogP contribution in [0.15, 0.2) is 23.3 Å². The monoisotopic (exact) mass is 672 g/mol. The zero-order valence-electron chi connectivity index (χ0n) is 31.1. The molecule has 48 heavy (non-hydrogen) atoms. The van der Waals surface area contributed by atoms with Crippen molar-refractivity contribution in [2.75, 3.05) is 13.2 Å². The Balaban J connectivity index is 1.51. The van der Waals surface area contributed by atoms with E-state index in [-0.39, 0.29) is 65.6 Å². The summed E-state index contributed by atoms with van der Waals surface area (Å²) in [5.41, 5.74) is -0.804. The van der Waals surface area contributed by atoms with Gasteiger partial charge in [-0.1, -0.05) is 66.2 Å². The van der Waals surface area contributed by atoms with Gasteiger partial charge in [0.05, 0.1) is 42.4 Å². The number of aliphatic hydroxyl groups is 4. The number of carbonyl (C=O) groups excluding carboxylic acids is 2. The van der Waals surface area contributed by atoms with Gasteiger partial charge >= 0.3 is 11.9 Å². The highest BCUT2D eigenvalue weighted by Crippen LogP contribution is 2.72. The van der Waals surface area contributed by atoms with Crippen molar-refractivity contribution in [1.82, 2.24) is 0 Å². The third-order valence-corrected chi connectivity index (χ3v) is 15.2. The molecule has 8 heteroatoms. The standard InChI is InChI=1S/C40H64O8/c1-10-23(4)34(45)47-21-39(9)29-15-17-37(7)26-19-31(42)40(22-48-35(46)24(11-2)12-3)27(20-36(5,6)32(43)33(40)44)25(26)13-14-28(37)38(29,8)18-16-30(39)41/h10,13,24,26-33,41-44H,11-12,14-22H2,1-9H3/b23-10+/t26?,27?,28?,29?,30-,31+,32-,33-,37-,38+,39+,40-/m0/s1. The van der Waals surface area contributed by atoms with Crippen LogP contribution >= 0.6 is 0 Å². The van der Waals surface area contributed by atoms with Crippen molar-refractivity contribution in [3.63, 3.8) is 0 Å². The molecule has 0 bridgehead atoms. The van der Waals surface area contributed by atoms with Gasteiger partial charge in [-0.3, -0.25) is 4.79 Å². The predicted octanol–water partition coefficient (Wildman–Crippen LogP) is 6.14. The van der Waals surface area contributed by atoms with Gasteiger partial charge in [-0.25, -0.2) is 4.79 Å². The van der Waals surface area contributed by atoms with Gasteiger partial charge in [0.25, 0.3) is 0 Å². The molecule has 4 saturated carbocycles. The van der Waals surface area contributed by atoms with E-state index in [9.17, 15) is 30.0 Å². The first kappa shape index (κ1) is 37.5. The molecule has 12 atom stereocenters. The van der Waals surface area contributed by atoms with E-state index in [0.29, 0.717) is 37.7 Å². The molecule has 0 aromatic rings. The van der Waals surface area contributed by atoms with Gasteiger partial charge in [0, 0.05) is 11.0 Å². The molecule has 0 aliphatic heterocycles. The van der Waals surface area contributed by atoms with Crippen LogP contribution in [-0.4, -0.2) is 70.0 Å². The quantitative estimate of drug-likeness (QED) is 0.137. The van der Waals surface area contributed by atoms with E-state index in [4.69, 9.17) is 9.47 Å². The van der Waals surface area contributed by atoms with E-state index in [1.807, 2.05) is 34.6 Å². The van der Waals surface area contributed by atoms with Crippen LogP contribution in [0.3, 0.4) is 0 Å². The second-order valence-electron chi connectivity index (χ2n) is 17.9. The van der Waals surface area contributed by atoms with Crippen molar-refractivity contribution in [3.05, 3.63) is 23.3 Å². The SMILES string of the molecule is C/C=C(\C)C(=O)OC[C@]1(C)C2CC[C@@]3(C)C4C[C@@H](O)[C@]5(COC(=O)C(CC)CC)C(CC(C)(C)[C@@H](O)[C@@H]5O)C4=CCC3[C@@]2(C)CC[C@@H]1O. The minimum absolute atomic E-state index is 0.0726. The van der Waals surface area contributed by atoms with Gasteiger partial charge in [-0.05, 0) is 112 Å². The summed E-state index contributed by atoms with van der Waals surface area (Å²) in [6, 6.07) is 0. The van der Waals surface area contributed by atoms with Crippen LogP contribution in [-0.2, 0) is 19.1 Å². The molecule has 0 aromatic heterocycles. The lowest BCUT2D eigenvalue weighted by molar-refractivity contribution is -0.248. The van der Waals surface area contributed by atoms with E-state index in [0.717, 1.165) is 25.7 Å². The first-order chi connectivity index (χ1) is 22.4. The molecule has 0 aromatic carbocycles. The molecule has 4 N–H and O–H groups in total. The van der Waals surface area contributed by atoms with E-state index in [1.54, 1.807) is 13.0 Å². The second-order valence-corrected chi connectivity index (χ2v) is 17.9. The van der Waals surface area contributed by atoms with Crippen molar-refractivity contribution in [2.45, 2.75) is 145 Å². The normalized spacial score (nSPS) is 45.2. The highest BCUT2D eigenvalue weighted by molar-refractivity contribution is 5.87. The summed E-state index contributed by atoms with van der Waals surface area (Å²) in [5.74, 6) is -0.611. The molecule has 0 heterocycles. The molecule has 8 nitrogen and oxygen atoms in total. The maximum absolute atomic E-state index is 13.1. The highest BCUT2D eigenvalue weighted by atomic mass is 16.5. The number of esters is 2. The first-order valence-electron chi connectivity index (χ1n) is 18.8. The molecule has 4 unspecified atom stereocenters. The average Bonchev–Trinajstić information content (AvgIpc) is 3.04. The van der Waals surface area contributed by atoms with E-state index >= 15 is 0 Å². The number of allylic oxidation sites excluding steroid dienone is 3. The van der Waals surface area contributed by atoms with Crippen molar-refractivity contribution < 1.29 is 39.5 Å². The van der Waals surface area contributed by atoms with E-state index in [1.165, 1.54) is 5.57 Å². The Morgan fingerprint density at radius 2 is 1.52 bits per heavy atom. The van der Waals surface area contributed by atoms with Gasteiger partial charge in [0.2, 0.25) is 0 Å². The molecule has 5 aliphatic rings. The zero-order chi connectivity index (χ0) is 35.6. The molecule has 4 fully saturated rings. The summed E-state index contributed by atoms with van der Waals surface area (Å²) in [4.78, 5) is 25.8. The number of aliphatic hydroxyl groups excluding tert-OH is 4. The molecule has 0 radical (unpaired) electrons. The molecule has 0 amide bonds. The van der Waals surface area contributed by atoms with Gasteiger partial charge in [-0.15, -0.1) is 0 Å². The fourth-order valence-electron chi connectivity index (χ4n) is 11.9. The third kappa shape index (κ3) is 5.54. The Morgan fingerprint density at radius 3 is 2.15 bits per heavy atom. The number of fused-ring (bicyclic) bond motifs is 7. The number of carbonyl (C=O) groups is 2. The minimum atomic E-state index is -1.24. The predicted molar refractivity (Wildman–Crippen MR) is 184 cm³/mol. The van der Waals surface area contributed by atoms with Crippen LogP contribution in [0.5, 0.6) is 0 Å². The van der Waals surface area contributed by atoms with Crippen molar-refractivity contribution >= 4 is 11.9 Å². The topological polar surface area (TPSA) is 134 Å². The van der Waals surface area contributed by atoms with E-state index < -0.39 is 40.7 Å². The highest BCUT2D eigenvalue weighted by Gasteiger charge is 2.69. The van der Waals surface area contributed by atoms with Crippen LogP contribution < -0.4 is 0 Å². The van der Waals surface area contributed by atoms with Crippen LogP contribution in [0.1, 0.15) is 120 Å². The number of hydrogen-bond acceptors (Lipinski definition) is 8. The van der Waals surface area contributed by atoms with Crippen molar-refractivity contribution in [1.29, 1.82) is 0 Å².